The second kappa shape index (κ2) is 8.13. The average Bonchev–Trinajstić information content (AvgIpc) is 3.25. The Labute approximate surface area is 174 Å². The molecule has 0 unspecified atom stereocenters. The highest BCUT2D eigenvalue weighted by Gasteiger charge is 2.16. The molecule has 0 saturated heterocycles. The van der Waals surface area contributed by atoms with Gasteiger partial charge in [0.1, 0.15) is 29.9 Å². The van der Waals surface area contributed by atoms with Crippen LogP contribution in [-0.4, -0.2) is 30.1 Å². The highest BCUT2D eigenvalue weighted by atomic mass is 16.3. The molecule has 0 spiro atoms. The van der Waals surface area contributed by atoms with Gasteiger partial charge in [-0.15, -0.1) is 10.2 Å². The highest BCUT2D eigenvalue weighted by Crippen LogP contribution is 2.36. The SMILES string of the molecule is Cc1cc(C(Cn2cnnc2)=C(c2ccc(O)cc2)c2ccc(O)cc2)ccc1O. The Hall–Kier alpha value is -4.06. The maximum absolute atomic E-state index is 10.0. The van der Waals surface area contributed by atoms with Gasteiger partial charge in [0.25, 0.3) is 0 Å². The topological polar surface area (TPSA) is 91.4 Å². The molecule has 4 aromatic rings. The van der Waals surface area contributed by atoms with E-state index in [2.05, 4.69) is 10.2 Å². The van der Waals surface area contributed by atoms with Crippen LogP contribution in [0.2, 0.25) is 0 Å². The molecular weight excluding hydrogens is 378 g/mol. The van der Waals surface area contributed by atoms with Crippen molar-refractivity contribution in [2.24, 2.45) is 0 Å². The van der Waals surface area contributed by atoms with E-state index in [-0.39, 0.29) is 17.2 Å². The van der Waals surface area contributed by atoms with Crippen LogP contribution in [0.4, 0.5) is 0 Å². The number of allylic oxidation sites excluding steroid dienone is 1. The number of aromatic nitrogens is 3. The number of benzene rings is 3. The lowest BCUT2D eigenvalue weighted by Gasteiger charge is -2.18. The lowest BCUT2D eigenvalue weighted by atomic mass is 9.88. The molecule has 0 saturated carbocycles. The van der Waals surface area contributed by atoms with Crippen LogP contribution in [0.25, 0.3) is 11.1 Å². The molecule has 4 rings (SSSR count). The van der Waals surface area contributed by atoms with Gasteiger partial charge in [0.2, 0.25) is 0 Å². The van der Waals surface area contributed by atoms with Crippen molar-refractivity contribution in [3.05, 3.63) is 102 Å². The number of phenolic OH excluding ortho intramolecular Hbond substituents is 3. The summed E-state index contributed by atoms with van der Waals surface area (Å²) in [5, 5.41) is 37.4. The number of phenols is 3. The monoisotopic (exact) mass is 399 g/mol. The molecule has 150 valence electrons. The molecule has 3 N–H and O–H groups in total. The normalized spacial score (nSPS) is 10.7. The van der Waals surface area contributed by atoms with Crippen molar-refractivity contribution in [1.82, 2.24) is 14.8 Å². The number of nitrogens with zero attached hydrogens (tertiary/aromatic N) is 3. The Morgan fingerprint density at radius 2 is 1.23 bits per heavy atom. The highest BCUT2D eigenvalue weighted by molar-refractivity contribution is 5.98. The lowest BCUT2D eigenvalue weighted by molar-refractivity contribution is 0.471. The first-order chi connectivity index (χ1) is 14.5. The quantitative estimate of drug-likeness (QED) is 0.434. The molecule has 3 aromatic carbocycles. The number of hydrogen-bond acceptors (Lipinski definition) is 5. The van der Waals surface area contributed by atoms with E-state index in [0.29, 0.717) is 6.54 Å². The Balaban J connectivity index is 2.01. The fourth-order valence-corrected chi connectivity index (χ4v) is 3.42. The predicted molar refractivity (Wildman–Crippen MR) is 115 cm³/mol. The molecule has 1 aromatic heterocycles. The summed E-state index contributed by atoms with van der Waals surface area (Å²) in [4.78, 5) is 0. The molecule has 1 heterocycles. The second-order valence-corrected chi connectivity index (χ2v) is 7.08. The first kappa shape index (κ1) is 19.3. The molecule has 0 aliphatic rings. The minimum absolute atomic E-state index is 0.185. The summed E-state index contributed by atoms with van der Waals surface area (Å²) in [7, 11) is 0. The molecule has 0 amide bonds. The van der Waals surface area contributed by atoms with Crippen LogP contribution in [-0.2, 0) is 6.54 Å². The first-order valence-corrected chi connectivity index (χ1v) is 9.45. The van der Waals surface area contributed by atoms with E-state index in [4.69, 9.17) is 0 Å². The second-order valence-electron chi connectivity index (χ2n) is 7.08. The van der Waals surface area contributed by atoms with Crippen LogP contribution in [0.1, 0.15) is 22.3 Å². The minimum atomic E-state index is 0.185. The van der Waals surface area contributed by atoms with Gasteiger partial charge in [-0.1, -0.05) is 30.3 Å². The zero-order valence-electron chi connectivity index (χ0n) is 16.4. The molecule has 0 fully saturated rings. The largest absolute Gasteiger partial charge is 0.508 e. The number of aryl methyl sites for hydroxylation is 1. The third kappa shape index (κ3) is 4.03. The fraction of sp³-hybridized carbons (Fsp3) is 0.0833. The van der Waals surface area contributed by atoms with Crippen molar-refractivity contribution in [1.29, 1.82) is 0 Å². The Kier molecular flexibility index (Phi) is 5.22. The number of rotatable bonds is 5. The van der Waals surface area contributed by atoms with Crippen molar-refractivity contribution >= 4 is 11.1 Å². The molecule has 0 bridgehead atoms. The standard InChI is InChI=1S/C24H21N3O3/c1-16-12-19(6-11-23(16)30)22(13-27-14-25-26-15-27)24(17-2-7-20(28)8-3-17)18-4-9-21(29)10-5-18/h2-12,14-15,28-30H,13H2,1H3. The molecule has 6 nitrogen and oxygen atoms in total. The van der Waals surface area contributed by atoms with E-state index in [1.807, 2.05) is 47.9 Å². The predicted octanol–water partition coefficient (Wildman–Crippen LogP) is 4.36. The van der Waals surface area contributed by atoms with Crippen molar-refractivity contribution in [2.75, 3.05) is 0 Å². The first-order valence-electron chi connectivity index (χ1n) is 9.45. The van der Waals surface area contributed by atoms with E-state index in [1.54, 1.807) is 43.0 Å². The van der Waals surface area contributed by atoms with Crippen LogP contribution in [0.15, 0.2) is 79.4 Å². The van der Waals surface area contributed by atoms with E-state index in [0.717, 1.165) is 33.4 Å². The van der Waals surface area contributed by atoms with Gasteiger partial charge in [0, 0.05) is 0 Å². The fourth-order valence-electron chi connectivity index (χ4n) is 3.42. The van der Waals surface area contributed by atoms with Crippen molar-refractivity contribution in [2.45, 2.75) is 13.5 Å². The Morgan fingerprint density at radius 3 is 1.73 bits per heavy atom. The zero-order valence-corrected chi connectivity index (χ0v) is 16.4. The third-order valence-electron chi connectivity index (χ3n) is 4.97. The van der Waals surface area contributed by atoms with E-state index in [1.165, 1.54) is 0 Å². The summed E-state index contributed by atoms with van der Waals surface area (Å²) in [6.07, 6.45) is 3.30. The summed E-state index contributed by atoms with van der Waals surface area (Å²) in [5.74, 6) is 0.604. The zero-order chi connectivity index (χ0) is 21.1. The van der Waals surface area contributed by atoms with E-state index >= 15 is 0 Å². The molecule has 0 aliphatic heterocycles. The van der Waals surface area contributed by atoms with Gasteiger partial charge in [-0.05, 0) is 76.7 Å². The molecule has 0 radical (unpaired) electrons. The van der Waals surface area contributed by atoms with E-state index in [9.17, 15) is 15.3 Å². The Bertz CT molecular complexity index is 1130. The summed E-state index contributed by atoms with van der Waals surface area (Å²) in [6.45, 7) is 2.35. The Morgan fingerprint density at radius 1 is 0.733 bits per heavy atom. The summed E-state index contributed by atoms with van der Waals surface area (Å²) in [5.41, 5.74) is 5.45. The van der Waals surface area contributed by atoms with Crippen LogP contribution < -0.4 is 0 Å². The molecular formula is C24H21N3O3. The van der Waals surface area contributed by atoms with Gasteiger partial charge in [-0.3, -0.25) is 0 Å². The minimum Gasteiger partial charge on any atom is -0.508 e. The van der Waals surface area contributed by atoms with Gasteiger partial charge in [0.15, 0.2) is 0 Å². The van der Waals surface area contributed by atoms with Crippen molar-refractivity contribution in [3.63, 3.8) is 0 Å². The summed E-state index contributed by atoms with van der Waals surface area (Å²) >= 11 is 0. The maximum atomic E-state index is 10.0. The lowest BCUT2D eigenvalue weighted by Crippen LogP contribution is -2.03. The summed E-state index contributed by atoms with van der Waals surface area (Å²) < 4.78 is 1.87. The molecule has 6 heteroatoms. The van der Waals surface area contributed by atoms with Crippen LogP contribution in [0.5, 0.6) is 17.2 Å². The average molecular weight is 399 g/mol. The third-order valence-corrected chi connectivity index (χ3v) is 4.97. The summed E-state index contributed by atoms with van der Waals surface area (Å²) in [6, 6.07) is 19.5. The van der Waals surface area contributed by atoms with Crippen LogP contribution in [0.3, 0.4) is 0 Å². The van der Waals surface area contributed by atoms with Gasteiger partial charge < -0.3 is 19.9 Å². The van der Waals surface area contributed by atoms with Gasteiger partial charge in [-0.2, -0.15) is 0 Å². The van der Waals surface area contributed by atoms with Crippen LogP contribution >= 0.6 is 0 Å². The van der Waals surface area contributed by atoms with Crippen molar-refractivity contribution in [3.8, 4) is 17.2 Å². The van der Waals surface area contributed by atoms with E-state index < -0.39 is 0 Å². The molecule has 0 atom stereocenters. The molecule has 0 aliphatic carbocycles. The number of hydrogen-bond donors (Lipinski definition) is 3. The molecule has 30 heavy (non-hydrogen) atoms. The van der Waals surface area contributed by atoms with Gasteiger partial charge in [0.05, 0.1) is 6.54 Å². The van der Waals surface area contributed by atoms with Crippen LogP contribution in [0, 0.1) is 6.92 Å². The van der Waals surface area contributed by atoms with Gasteiger partial charge >= 0.3 is 0 Å². The van der Waals surface area contributed by atoms with Gasteiger partial charge in [-0.25, -0.2) is 0 Å². The number of aromatic hydroxyl groups is 3. The van der Waals surface area contributed by atoms with Crippen molar-refractivity contribution < 1.29 is 15.3 Å². The smallest absolute Gasteiger partial charge is 0.119 e. The maximum Gasteiger partial charge on any atom is 0.119 e.